The van der Waals surface area contributed by atoms with Crippen molar-refractivity contribution in [1.82, 2.24) is 4.98 Å². The van der Waals surface area contributed by atoms with Crippen molar-refractivity contribution in [3.05, 3.63) is 47.5 Å². The third-order valence-corrected chi connectivity index (χ3v) is 3.91. The summed E-state index contributed by atoms with van der Waals surface area (Å²) in [5.74, 6) is 0. The summed E-state index contributed by atoms with van der Waals surface area (Å²) in [6.45, 7) is 4.21. The van der Waals surface area contributed by atoms with Crippen LogP contribution in [0.4, 0.5) is 5.69 Å². The molecule has 0 spiro atoms. The maximum Gasteiger partial charge on any atom is 0.261 e. The molecule has 0 aliphatic carbocycles. The highest BCUT2D eigenvalue weighted by molar-refractivity contribution is 7.99. The van der Waals surface area contributed by atoms with Crippen LogP contribution in [0.2, 0.25) is 0 Å². The van der Waals surface area contributed by atoms with Gasteiger partial charge in [-0.2, -0.15) is 0 Å². The smallest absolute Gasteiger partial charge is 0.261 e. The Morgan fingerprint density at radius 1 is 1.05 bits per heavy atom. The van der Waals surface area contributed by atoms with E-state index in [0.717, 1.165) is 16.0 Å². The maximum atomic E-state index is 5.73. The van der Waals surface area contributed by atoms with E-state index in [4.69, 9.17) is 10.2 Å². The van der Waals surface area contributed by atoms with Crippen molar-refractivity contribution in [2.75, 3.05) is 5.73 Å². The van der Waals surface area contributed by atoms with Crippen molar-refractivity contribution in [3.8, 4) is 0 Å². The van der Waals surface area contributed by atoms with E-state index in [-0.39, 0.29) is 0 Å². The topological polar surface area (TPSA) is 52.0 Å². The number of hydrogen-bond acceptors (Lipinski definition) is 4. The van der Waals surface area contributed by atoms with Gasteiger partial charge in [0.05, 0.1) is 0 Å². The molecule has 2 N–H and O–H groups in total. The lowest BCUT2D eigenvalue weighted by Crippen LogP contribution is -1.82. The number of aromatic nitrogens is 1. The minimum atomic E-state index is 0.642. The summed E-state index contributed by atoms with van der Waals surface area (Å²) in [5.41, 5.74) is 10.5. The Hall–Kier alpha value is -1.94. The molecule has 0 unspecified atom stereocenters. The fourth-order valence-electron chi connectivity index (χ4n) is 1.85. The Balaban J connectivity index is 1.94. The second-order valence-electron chi connectivity index (χ2n) is 4.56. The summed E-state index contributed by atoms with van der Waals surface area (Å²) < 4.78 is 5.69. The minimum absolute atomic E-state index is 0.642. The molecule has 96 valence electrons. The van der Waals surface area contributed by atoms with Crippen LogP contribution in [0.3, 0.4) is 0 Å². The number of nitrogens with zero attached hydrogens (tertiary/aromatic N) is 1. The van der Waals surface area contributed by atoms with Crippen LogP contribution in [0.5, 0.6) is 0 Å². The molecule has 3 rings (SSSR count). The lowest BCUT2D eigenvalue weighted by atomic mass is 10.1. The number of hydrogen-bond donors (Lipinski definition) is 1. The van der Waals surface area contributed by atoms with Crippen molar-refractivity contribution >= 4 is 28.5 Å². The van der Waals surface area contributed by atoms with Gasteiger partial charge in [-0.15, -0.1) is 0 Å². The second kappa shape index (κ2) is 4.63. The maximum absolute atomic E-state index is 5.73. The molecule has 0 aliphatic rings. The molecule has 4 heteroatoms. The van der Waals surface area contributed by atoms with Gasteiger partial charge in [-0.3, -0.25) is 0 Å². The van der Waals surface area contributed by atoms with E-state index in [9.17, 15) is 0 Å². The summed E-state index contributed by atoms with van der Waals surface area (Å²) in [4.78, 5) is 5.56. The molecule has 1 aromatic heterocycles. The van der Waals surface area contributed by atoms with Gasteiger partial charge >= 0.3 is 0 Å². The van der Waals surface area contributed by atoms with Crippen LogP contribution in [0.1, 0.15) is 11.1 Å². The number of fused-ring (bicyclic) bond motifs is 1. The van der Waals surface area contributed by atoms with Crippen LogP contribution in [0, 0.1) is 13.8 Å². The fourth-order valence-corrected chi connectivity index (χ4v) is 2.69. The van der Waals surface area contributed by atoms with Gasteiger partial charge in [0, 0.05) is 10.6 Å². The molecule has 3 aromatic rings. The molecule has 19 heavy (non-hydrogen) atoms. The van der Waals surface area contributed by atoms with Crippen LogP contribution in [-0.4, -0.2) is 4.98 Å². The normalized spacial score (nSPS) is 11.1. The molecule has 0 saturated heterocycles. The summed E-state index contributed by atoms with van der Waals surface area (Å²) in [6.07, 6.45) is 0. The first-order valence-corrected chi connectivity index (χ1v) is 6.84. The number of benzene rings is 2. The van der Waals surface area contributed by atoms with E-state index < -0.39 is 0 Å². The van der Waals surface area contributed by atoms with Gasteiger partial charge in [-0.25, -0.2) is 4.98 Å². The molecular formula is C15H14N2OS. The highest BCUT2D eigenvalue weighted by Gasteiger charge is 2.08. The molecule has 0 radical (unpaired) electrons. The average Bonchev–Trinajstić information content (AvgIpc) is 2.75. The highest BCUT2D eigenvalue weighted by Crippen LogP contribution is 2.31. The van der Waals surface area contributed by atoms with Crippen LogP contribution < -0.4 is 5.73 Å². The van der Waals surface area contributed by atoms with Gasteiger partial charge in [0.2, 0.25) is 0 Å². The Bertz CT molecular complexity index is 749. The van der Waals surface area contributed by atoms with Crippen molar-refractivity contribution in [2.45, 2.75) is 24.0 Å². The van der Waals surface area contributed by atoms with Crippen LogP contribution in [0.25, 0.3) is 11.1 Å². The second-order valence-corrected chi connectivity index (χ2v) is 5.58. The third kappa shape index (κ3) is 2.44. The number of anilines is 1. The number of rotatable bonds is 2. The molecule has 1 heterocycles. The highest BCUT2D eigenvalue weighted by atomic mass is 32.2. The molecule has 0 aliphatic heterocycles. The molecule has 0 saturated carbocycles. The van der Waals surface area contributed by atoms with E-state index >= 15 is 0 Å². The van der Waals surface area contributed by atoms with E-state index in [1.807, 2.05) is 18.2 Å². The lowest BCUT2D eigenvalue weighted by molar-refractivity contribution is 0.489. The minimum Gasteiger partial charge on any atom is -0.431 e. The molecule has 3 nitrogen and oxygen atoms in total. The molecule has 0 atom stereocenters. The van der Waals surface area contributed by atoms with Gasteiger partial charge in [0.25, 0.3) is 5.22 Å². The van der Waals surface area contributed by atoms with Gasteiger partial charge in [-0.05, 0) is 67.1 Å². The van der Waals surface area contributed by atoms with Crippen LogP contribution in [-0.2, 0) is 0 Å². The summed E-state index contributed by atoms with van der Waals surface area (Å²) >= 11 is 1.52. The predicted octanol–water partition coefficient (Wildman–Crippen LogP) is 4.18. The SMILES string of the molecule is Cc1ccc(Sc2nc3cc(N)ccc3o2)cc1C. The summed E-state index contributed by atoms with van der Waals surface area (Å²) in [5, 5.41) is 0.642. The predicted molar refractivity (Wildman–Crippen MR) is 78.5 cm³/mol. The number of nitrogens with two attached hydrogens (primary N) is 1. The largest absolute Gasteiger partial charge is 0.431 e. The van der Waals surface area contributed by atoms with E-state index in [1.54, 1.807) is 0 Å². The Labute approximate surface area is 115 Å². The monoisotopic (exact) mass is 270 g/mol. The lowest BCUT2D eigenvalue weighted by Gasteiger charge is -2.01. The number of nitrogen functional groups attached to an aromatic ring is 1. The Morgan fingerprint density at radius 2 is 1.89 bits per heavy atom. The zero-order valence-electron chi connectivity index (χ0n) is 10.8. The fraction of sp³-hybridized carbons (Fsp3) is 0.133. The van der Waals surface area contributed by atoms with Crippen molar-refractivity contribution in [2.24, 2.45) is 0 Å². The van der Waals surface area contributed by atoms with Crippen molar-refractivity contribution in [3.63, 3.8) is 0 Å². The average molecular weight is 270 g/mol. The van der Waals surface area contributed by atoms with Gasteiger partial charge in [0.15, 0.2) is 5.58 Å². The first-order valence-electron chi connectivity index (χ1n) is 6.03. The van der Waals surface area contributed by atoms with Gasteiger partial charge < -0.3 is 10.2 Å². The van der Waals surface area contributed by atoms with E-state index in [2.05, 4.69) is 37.0 Å². The third-order valence-electron chi connectivity index (χ3n) is 3.08. The summed E-state index contributed by atoms with van der Waals surface area (Å²) in [6, 6.07) is 11.8. The Morgan fingerprint density at radius 3 is 2.68 bits per heavy atom. The Kier molecular flexibility index (Phi) is 2.95. The van der Waals surface area contributed by atoms with Crippen molar-refractivity contribution < 1.29 is 4.42 Å². The standard InChI is InChI=1S/C15H14N2OS/c1-9-3-5-12(7-10(9)2)19-15-17-13-8-11(16)4-6-14(13)18-15/h3-8H,16H2,1-2H3. The van der Waals surface area contributed by atoms with Crippen LogP contribution >= 0.6 is 11.8 Å². The summed E-state index contributed by atoms with van der Waals surface area (Å²) in [7, 11) is 0. The molecule has 2 aromatic carbocycles. The number of oxazole rings is 1. The first-order chi connectivity index (χ1) is 9.11. The molecule has 0 amide bonds. The molecule has 0 bridgehead atoms. The first kappa shape index (κ1) is 12.1. The quantitative estimate of drug-likeness (QED) is 0.710. The molecular weight excluding hydrogens is 256 g/mol. The zero-order valence-corrected chi connectivity index (χ0v) is 11.6. The van der Waals surface area contributed by atoms with Crippen LogP contribution in [0.15, 0.2) is 50.9 Å². The van der Waals surface area contributed by atoms with Gasteiger partial charge in [0.1, 0.15) is 5.52 Å². The molecule has 0 fully saturated rings. The van der Waals surface area contributed by atoms with Crippen molar-refractivity contribution in [1.29, 1.82) is 0 Å². The van der Waals surface area contributed by atoms with Gasteiger partial charge in [-0.1, -0.05) is 6.07 Å². The van der Waals surface area contributed by atoms with E-state index in [0.29, 0.717) is 10.9 Å². The zero-order chi connectivity index (χ0) is 13.4. The van der Waals surface area contributed by atoms with E-state index in [1.165, 1.54) is 22.9 Å². The number of aryl methyl sites for hydroxylation is 2.